The van der Waals surface area contributed by atoms with Crippen LogP contribution in [0.1, 0.15) is 52.9 Å². The van der Waals surface area contributed by atoms with E-state index in [0.717, 1.165) is 18.6 Å². The zero-order chi connectivity index (χ0) is 10.7. The number of nitrogens with zero attached hydrogens (tertiary/aromatic N) is 1. The summed E-state index contributed by atoms with van der Waals surface area (Å²) in [5, 5.41) is 9.22. The summed E-state index contributed by atoms with van der Waals surface area (Å²) in [5.41, 5.74) is 0.496. The number of rotatable bonds is 5. The van der Waals surface area contributed by atoms with Crippen LogP contribution < -0.4 is 0 Å². The van der Waals surface area contributed by atoms with Crippen molar-refractivity contribution >= 4 is 11.8 Å². The van der Waals surface area contributed by atoms with Crippen LogP contribution in [0.4, 0.5) is 0 Å². The topological polar surface area (TPSA) is 23.8 Å². The molecule has 1 nitrogen and oxygen atoms in total. The minimum Gasteiger partial charge on any atom is -0.197 e. The molecule has 0 bridgehead atoms. The lowest BCUT2D eigenvalue weighted by molar-refractivity contribution is 0.0984. The van der Waals surface area contributed by atoms with Gasteiger partial charge in [0, 0.05) is 0 Å². The van der Waals surface area contributed by atoms with Gasteiger partial charge >= 0.3 is 0 Å². The molecule has 0 aliphatic heterocycles. The van der Waals surface area contributed by atoms with Gasteiger partial charge in [-0.3, -0.25) is 0 Å². The van der Waals surface area contributed by atoms with Gasteiger partial charge in [-0.05, 0) is 30.4 Å². The van der Waals surface area contributed by atoms with Crippen LogP contribution in [0, 0.1) is 16.7 Å². The van der Waals surface area contributed by atoms with Crippen LogP contribution in [0.5, 0.6) is 0 Å². The molecule has 80 valence electrons. The van der Waals surface area contributed by atoms with Gasteiger partial charge in [-0.15, -0.1) is 11.8 Å². The summed E-state index contributed by atoms with van der Waals surface area (Å²) < 4.78 is -0.0258. The number of nitriles is 1. The van der Waals surface area contributed by atoms with Gasteiger partial charge in [-0.25, -0.2) is 0 Å². The van der Waals surface area contributed by atoms with E-state index in [0.29, 0.717) is 5.41 Å². The minimum atomic E-state index is -0.0258. The third-order valence-corrected chi connectivity index (χ3v) is 5.15. The second kappa shape index (κ2) is 4.57. The van der Waals surface area contributed by atoms with Crippen molar-refractivity contribution in [3.63, 3.8) is 0 Å². The van der Waals surface area contributed by atoms with Crippen LogP contribution in [-0.2, 0) is 0 Å². The molecule has 1 saturated carbocycles. The first-order chi connectivity index (χ1) is 6.66. The molecule has 0 spiro atoms. The lowest BCUT2D eigenvalue weighted by atomic mass is 9.59. The van der Waals surface area contributed by atoms with Crippen LogP contribution >= 0.6 is 11.8 Å². The zero-order valence-corrected chi connectivity index (χ0v) is 10.4. The first-order valence-corrected chi connectivity index (χ1v) is 6.69. The lowest BCUT2D eigenvalue weighted by Gasteiger charge is -2.52. The monoisotopic (exact) mass is 211 g/mol. The second-order valence-electron chi connectivity index (χ2n) is 4.52. The Morgan fingerprint density at radius 3 is 2.14 bits per heavy atom. The Labute approximate surface area is 92.3 Å². The van der Waals surface area contributed by atoms with E-state index in [1.54, 1.807) is 0 Å². The third-order valence-electron chi connectivity index (χ3n) is 3.61. The van der Waals surface area contributed by atoms with Gasteiger partial charge in [0.2, 0.25) is 0 Å². The summed E-state index contributed by atoms with van der Waals surface area (Å²) in [6, 6.07) is 2.54. The smallest absolute Gasteiger partial charge is 0.103 e. The molecule has 14 heavy (non-hydrogen) atoms. The molecule has 0 aromatic heterocycles. The summed E-state index contributed by atoms with van der Waals surface area (Å²) >= 11 is 1.88. The predicted octanol–water partition coefficient (Wildman–Crippen LogP) is 3.99. The molecule has 2 heteroatoms. The van der Waals surface area contributed by atoms with Crippen LogP contribution in [0.2, 0.25) is 0 Å². The van der Waals surface area contributed by atoms with Crippen molar-refractivity contribution in [2.75, 3.05) is 5.75 Å². The summed E-state index contributed by atoms with van der Waals surface area (Å²) in [5.74, 6) is 1.14. The van der Waals surface area contributed by atoms with E-state index in [1.807, 2.05) is 11.8 Å². The Morgan fingerprint density at radius 1 is 1.21 bits per heavy atom. The van der Waals surface area contributed by atoms with Crippen molar-refractivity contribution in [1.82, 2.24) is 0 Å². The van der Waals surface area contributed by atoms with Gasteiger partial charge in [-0.1, -0.05) is 33.6 Å². The maximum absolute atomic E-state index is 9.22. The standard InChI is InChI=1S/C12H21NS/c1-4-7-14-12(10-13)8-11(5-2,6-3)9-12/h4-9H2,1-3H3. The van der Waals surface area contributed by atoms with E-state index in [2.05, 4.69) is 26.8 Å². The highest BCUT2D eigenvalue weighted by molar-refractivity contribution is 8.00. The highest BCUT2D eigenvalue weighted by Crippen LogP contribution is 2.58. The molecule has 0 N–H and O–H groups in total. The van der Waals surface area contributed by atoms with Gasteiger partial charge in [0.1, 0.15) is 4.75 Å². The number of hydrogen-bond acceptors (Lipinski definition) is 2. The fourth-order valence-electron chi connectivity index (χ4n) is 2.42. The molecule has 0 saturated heterocycles. The summed E-state index contributed by atoms with van der Waals surface area (Å²) in [6.45, 7) is 6.70. The van der Waals surface area contributed by atoms with Gasteiger partial charge in [0.25, 0.3) is 0 Å². The van der Waals surface area contributed by atoms with Gasteiger partial charge in [0.15, 0.2) is 0 Å². The first-order valence-electron chi connectivity index (χ1n) is 5.71. The molecule has 1 rings (SSSR count). The van der Waals surface area contributed by atoms with Crippen molar-refractivity contribution in [1.29, 1.82) is 5.26 Å². The molecule has 0 heterocycles. The van der Waals surface area contributed by atoms with Crippen molar-refractivity contribution < 1.29 is 0 Å². The van der Waals surface area contributed by atoms with E-state index < -0.39 is 0 Å². The normalized spacial score (nSPS) is 22.4. The molecule has 0 radical (unpaired) electrons. The molecular formula is C12H21NS. The van der Waals surface area contributed by atoms with Crippen molar-refractivity contribution in [3.05, 3.63) is 0 Å². The molecule has 1 aliphatic carbocycles. The van der Waals surface area contributed by atoms with Gasteiger partial charge in [-0.2, -0.15) is 5.26 Å². The molecular weight excluding hydrogens is 190 g/mol. The fraction of sp³-hybridized carbons (Fsp3) is 0.917. The van der Waals surface area contributed by atoms with Gasteiger partial charge in [0.05, 0.1) is 6.07 Å². The average Bonchev–Trinajstić information content (AvgIpc) is 2.18. The molecule has 0 amide bonds. The molecule has 0 unspecified atom stereocenters. The molecule has 0 aromatic carbocycles. The van der Waals surface area contributed by atoms with E-state index in [1.165, 1.54) is 19.3 Å². The highest BCUT2D eigenvalue weighted by Gasteiger charge is 2.53. The van der Waals surface area contributed by atoms with Crippen LogP contribution in [0.25, 0.3) is 0 Å². The van der Waals surface area contributed by atoms with E-state index >= 15 is 0 Å². The van der Waals surface area contributed by atoms with E-state index in [4.69, 9.17) is 0 Å². The van der Waals surface area contributed by atoms with E-state index in [9.17, 15) is 5.26 Å². The molecule has 1 aliphatic rings. The summed E-state index contributed by atoms with van der Waals surface area (Å²) in [7, 11) is 0. The maximum Gasteiger partial charge on any atom is 0.103 e. The van der Waals surface area contributed by atoms with Crippen LogP contribution in [-0.4, -0.2) is 10.5 Å². The Hall–Kier alpha value is -0.160. The number of hydrogen-bond donors (Lipinski definition) is 0. The Bertz CT molecular complexity index is 217. The molecule has 0 aromatic rings. The quantitative estimate of drug-likeness (QED) is 0.686. The Balaban J connectivity index is 2.52. The predicted molar refractivity (Wildman–Crippen MR) is 63.3 cm³/mol. The number of thioether (sulfide) groups is 1. The molecule has 1 fully saturated rings. The Morgan fingerprint density at radius 2 is 1.79 bits per heavy atom. The summed E-state index contributed by atoms with van der Waals surface area (Å²) in [6.07, 6.45) is 5.89. The third kappa shape index (κ3) is 2.08. The van der Waals surface area contributed by atoms with Gasteiger partial charge < -0.3 is 0 Å². The van der Waals surface area contributed by atoms with Crippen LogP contribution in [0.3, 0.4) is 0 Å². The van der Waals surface area contributed by atoms with Crippen molar-refractivity contribution in [2.24, 2.45) is 5.41 Å². The average molecular weight is 211 g/mol. The lowest BCUT2D eigenvalue weighted by Crippen LogP contribution is -2.48. The molecule has 0 atom stereocenters. The highest BCUT2D eigenvalue weighted by atomic mass is 32.2. The Kier molecular flexibility index (Phi) is 3.89. The minimum absolute atomic E-state index is 0.0258. The summed E-state index contributed by atoms with van der Waals surface area (Å²) in [4.78, 5) is 0. The van der Waals surface area contributed by atoms with Crippen LogP contribution in [0.15, 0.2) is 0 Å². The fourth-order valence-corrected chi connectivity index (χ4v) is 3.90. The van der Waals surface area contributed by atoms with Crippen molar-refractivity contribution in [2.45, 2.75) is 57.6 Å². The zero-order valence-electron chi connectivity index (χ0n) is 9.60. The van der Waals surface area contributed by atoms with E-state index in [-0.39, 0.29) is 4.75 Å². The SMILES string of the molecule is CCCSC1(C#N)CC(CC)(CC)C1. The van der Waals surface area contributed by atoms with Crippen molar-refractivity contribution in [3.8, 4) is 6.07 Å². The maximum atomic E-state index is 9.22. The largest absolute Gasteiger partial charge is 0.197 e. The first kappa shape index (κ1) is 11.9. The second-order valence-corrected chi connectivity index (χ2v) is 5.99.